The monoisotopic (exact) mass is 467 g/mol. The van der Waals surface area contributed by atoms with Crippen molar-refractivity contribution in [3.63, 3.8) is 0 Å². The van der Waals surface area contributed by atoms with Gasteiger partial charge in [0.2, 0.25) is 0 Å². The number of carbonyl (C=O) groups is 1. The normalized spacial score (nSPS) is 10.8. The van der Waals surface area contributed by atoms with E-state index in [1.54, 1.807) is 23.3 Å². The van der Waals surface area contributed by atoms with Gasteiger partial charge in [0, 0.05) is 37.6 Å². The van der Waals surface area contributed by atoms with Crippen LogP contribution in [0.15, 0.2) is 65.3 Å². The van der Waals surface area contributed by atoms with Crippen LogP contribution in [0.4, 0.5) is 11.4 Å². The minimum Gasteiger partial charge on any atom is -0.467 e. The molecule has 33 heavy (non-hydrogen) atoms. The van der Waals surface area contributed by atoms with Gasteiger partial charge in [0.05, 0.1) is 23.4 Å². The highest BCUT2D eigenvalue weighted by atomic mass is 35.5. The number of anilines is 2. The maximum atomic E-state index is 13.5. The van der Waals surface area contributed by atoms with E-state index in [1.807, 2.05) is 24.3 Å². The lowest BCUT2D eigenvalue weighted by Gasteiger charge is -2.27. The van der Waals surface area contributed by atoms with Gasteiger partial charge in [-0.1, -0.05) is 43.6 Å². The molecule has 1 N–H and O–H groups in total. The summed E-state index contributed by atoms with van der Waals surface area (Å²) in [5, 5.41) is 3.94. The Balaban J connectivity index is 1.93. The van der Waals surface area contributed by atoms with Crippen molar-refractivity contribution in [1.29, 1.82) is 0 Å². The van der Waals surface area contributed by atoms with Crippen molar-refractivity contribution in [2.24, 2.45) is 0 Å². The van der Waals surface area contributed by atoms with Crippen LogP contribution in [0.1, 0.15) is 55.3 Å². The number of hydrogen-bond acceptors (Lipinski definition) is 4. The molecule has 1 heterocycles. The minimum atomic E-state index is -0.123. The van der Waals surface area contributed by atoms with Crippen LogP contribution in [0.3, 0.4) is 0 Å². The lowest BCUT2D eigenvalue weighted by Crippen LogP contribution is -2.30. The Kier molecular flexibility index (Phi) is 9.25. The number of hydrogen-bond donors (Lipinski definition) is 1. The van der Waals surface area contributed by atoms with E-state index in [1.165, 1.54) is 5.69 Å². The zero-order valence-electron chi connectivity index (χ0n) is 19.8. The summed E-state index contributed by atoms with van der Waals surface area (Å²) in [6.07, 6.45) is 3.82. The summed E-state index contributed by atoms with van der Waals surface area (Å²) in [6.45, 7) is 10.1. The van der Waals surface area contributed by atoms with Crippen LogP contribution < -0.4 is 10.2 Å². The van der Waals surface area contributed by atoms with E-state index in [-0.39, 0.29) is 5.91 Å². The van der Waals surface area contributed by atoms with Gasteiger partial charge in [-0.25, -0.2) is 0 Å². The van der Waals surface area contributed by atoms with Gasteiger partial charge in [0.1, 0.15) is 5.76 Å². The minimum absolute atomic E-state index is 0.123. The Bertz CT molecular complexity index is 1010. The summed E-state index contributed by atoms with van der Waals surface area (Å²) < 4.78 is 5.55. The van der Waals surface area contributed by atoms with Crippen LogP contribution in [0.2, 0.25) is 5.02 Å². The number of amides is 1. The van der Waals surface area contributed by atoms with E-state index >= 15 is 0 Å². The van der Waals surface area contributed by atoms with Crippen LogP contribution in [0.5, 0.6) is 0 Å². The quantitative estimate of drug-likeness (QED) is 0.317. The van der Waals surface area contributed by atoms with E-state index in [0.29, 0.717) is 23.7 Å². The van der Waals surface area contributed by atoms with Gasteiger partial charge in [0.15, 0.2) is 0 Å². The molecule has 0 bridgehead atoms. The van der Waals surface area contributed by atoms with Crippen molar-refractivity contribution in [3.8, 4) is 0 Å². The Morgan fingerprint density at radius 3 is 2.36 bits per heavy atom. The van der Waals surface area contributed by atoms with Crippen LogP contribution >= 0.6 is 11.6 Å². The van der Waals surface area contributed by atoms with Crippen molar-refractivity contribution < 1.29 is 9.21 Å². The first-order valence-corrected chi connectivity index (χ1v) is 12.1. The lowest BCUT2D eigenvalue weighted by atomic mass is 10.1. The topological polar surface area (TPSA) is 48.7 Å². The average Bonchev–Trinajstić information content (AvgIpc) is 3.33. The van der Waals surface area contributed by atoms with Crippen molar-refractivity contribution in [1.82, 2.24) is 4.90 Å². The van der Waals surface area contributed by atoms with Crippen molar-refractivity contribution in [2.45, 2.75) is 46.7 Å². The molecule has 0 saturated carbocycles. The van der Waals surface area contributed by atoms with Crippen LogP contribution in [0.25, 0.3) is 0 Å². The Morgan fingerprint density at radius 2 is 1.73 bits per heavy atom. The molecule has 0 atom stereocenters. The Hall–Kier alpha value is -2.92. The highest BCUT2D eigenvalue weighted by Crippen LogP contribution is 2.28. The smallest absolute Gasteiger partial charge is 0.256 e. The summed E-state index contributed by atoms with van der Waals surface area (Å²) in [5.74, 6) is 0.608. The highest BCUT2D eigenvalue weighted by molar-refractivity contribution is 6.33. The number of nitrogens with zero attached hydrogens (tertiary/aromatic N) is 2. The maximum Gasteiger partial charge on any atom is 0.256 e. The van der Waals surface area contributed by atoms with Crippen molar-refractivity contribution >= 4 is 28.9 Å². The molecule has 2 aromatic carbocycles. The summed E-state index contributed by atoms with van der Waals surface area (Å²) in [7, 11) is 0. The maximum absolute atomic E-state index is 13.5. The molecule has 0 aliphatic heterocycles. The molecule has 176 valence electrons. The molecular weight excluding hydrogens is 434 g/mol. The van der Waals surface area contributed by atoms with Crippen LogP contribution in [-0.4, -0.2) is 30.4 Å². The first-order chi connectivity index (χ1) is 16.1. The standard InChI is InChI=1S/C27H34ClN3O2/c1-4-15-30(16-5-2)22-14-13-21(26(18-22)29-6-3)19-31(20-23-10-9-17-33-23)27(32)24-11-7-8-12-25(24)28/h7-14,17-18,29H,4-6,15-16,19-20H2,1-3H3. The van der Waals surface area contributed by atoms with Gasteiger partial charge < -0.3 is 19.5 Å². The third-order valence-corrected chi connectivity index (χ3v) is 5.82. The molecule has 5 nitrogen and oxygen atoms in total. The fourth-order valence-electron chi connectivity index (χ4n) is 3.96. The lowest BCUT2D eigenvalue weighted by molar-refractivity contribution is 0.0718. The molecule has 6 heteroatoms. The van der Waals surface area contributed by atoms with Crippen molar-refractivity contribution in [3.05, 3.63) is 82.8 Å². The first kappa shape index (κ1) is 24.7. The molecule has 0 unspecified atom stereocenters. The van der Waals surface area contributed by atoms with Crippen LogP contribution in [-0.2, 0) is 13.1 Å². The third-order valence-electron chi connectivity index (χ3n) is 5.49. The van der Waals surface area contributed by atoms with Gasteiger partial charge in [-0.05, 0) is 61.7 Å². The number of benzene rings is 2. The number of halogens is 1. The molecule has 0 radical (unpaired) electrons. The largest absolute Gasteiger partial charge is 0.467 e. The second kappa shape index (κ2) is 12.4. The molecule has 3 rings (SSSR count). The molecule has 3 aromatic rings. The Labute approximate surface area is 202 Å². The molecule has 1 amide bonds. The van der Waals surface area contributed by atoms with Gasteiger partial charge >= 0.3 is 0 Å². The molecule has 0 aliphatic carbocycles. The average molecular weight is 468 g/mol. The summed E-state index contributed by atoms with van der Waals surface area (Å²) in [5.41, 5.74) is 3.79. The fraction of sp³-hybridized carbons (Fsp3) is 0.370. The van der Waals surface area contributed by atoms with E-state index in [0.717, 1.165) is 49.5 Å². The first-order valence-electron chi connectivity index (χ1n) is 11.7. The van der Waals surface area contributed by atoms with Gasteiger partial charge in [-0.15, -0.1) is 0 Å². The number of carbonyl (C=O) groups excluding carboxylic acids is 1. The van der Waals surface area contributed by atoms with E-state index in [4.69, 9.17) is 16.0 Å². The predicted molar refractivity (Wildman–Crippen MR) is 137 cm³/mol. The van der Waals surface area contributed by atoms with E-state index in [2.05, 4.69) is 49.2 Å². The predicted octanol–water partition coefficient (Wildman–Crippen LogP) is 6.83. The van der Waals surface area contributed by atoms with E-state index < -0.39 is 0 Å². The number of rotatable bonds is 12. The summed E-state index contributed by atoms with van der Waals surface area (Å²) >= 11 is 6.36. The fourth-order valence-corrected chi connectivity index (χ4v) is 4.18. The molecular formula is C27H34ClN3O2. The van der Waals surface area contributed by atoms with Gasteiger partial charge in [-0.3, -0.25) is 4.79 Å². The highest BCUT2D eigenvalue weighted by Gasteiger charge is 2.21. The molecule has 0 spiro atoms. The molecule has 0 saturated heterocycles. The Morgan fingerprint density at radius 1 is 0.970 bits per heavy atom. The SMILES string of the molecule is CCCN(CCC)c1ccc(CN(Cc2ccco2)C(=O)c2ccccc2Cl)c(NCC)c1. The van der Waals surface area contributed by atoms with Gasteiger partial charge in [0.25, 0.3) is 5.91 Å². The zero-order valence-corrected chi connectivity index (χ0v) is 20.6. The van der Waals surface area contributed by atoms with E-state index in [9.17, 15) is 4.79 Å². The summed E-state index contributed by atoms with van der Waals surface area (Å²) in [6, 6.07) is 17.4. The second-order valence-corrected chi connectivity index (χ2v) is 8.49. The third kappa shape index (κ3) is 6.55. The number of nitrogens with one attached hydrogen (secondary N) is 1. The number of furan rings is 1. The molecule has 0 fully saturated rings. The zero-order chi connectivity index (χ0) is 23.6. The van der Waals surface area contributed by atoms with Crippen molar-refractivity contribution in [2.75, 3.05) is 29.9 Å². The molecule has 1 aromatic heterocycles. The van der Waals surface area contributed by atoms with Gasteiger partial charge in [-0.2, -0.15) is 0 Å². The van der Waals surface area contributed by atoms with Crippen LogP contribution in [0, 0.1) is 0 Å². The second-order valence-electron chi connectivity index (χ2n) is 8.08. The summed E-state index contributed by atoms with van der Waals surface area (Å²) in [4.78, 5) is 17.7. The molecule has 0 aliphatic rings.